The van der Waals surface area contributed by atoms with E-state index >= 15 is 0 Å². The second-order valence-corrected chi connectivity index (χ2v) is 10.2. The summed E-state index contributed by atoms with van der Waals surface area (Å²) in [6, 6.07) is 16.1. The van der Waals surface area contributed by atoms with E-state index in [1.807, 2.05) is 37.4 Å². The predicted molar refractivity (Wildman–Crippen MR) is 119 cm³/mol. The number of nitrogens with one attached hydrogen (secondary N) is 1. The van der Waals surface area contributed by atoms with Crippen LogP contribution >= 0.6 is 0 Å². The minimum Gasteiger partial charge on any atom is -0.345 e. The molecule has 0 spiro atoms. The minimum atomic E-state index is -3.61. The Balaban J connectivity index is 1.79. The van der Waals surface area contributed by atoms with Crippen molar-refractivity contribution in [3.8, 4) is 0 Å². The number of benzene rings is 2. The highest BCUT2D eigenvalue weighted by molar-refractivity contribution is 7.89. The second-order valence-electron chi connectivity index (χ2n) is 8.30. The normalized spacial score (nSPS) is 17.1. The molecule has 1 fully saturated rings. The molecular weight excluding hydrogens is 398 g/mol. The van der Waals surface area contributed by atoms with Crippen LogP contribution in [-0.2, 0) is 10.0 Å². The van der Waals surface area contributed by atoms with Crippen LogP contribution in [0.15, 0.2) is 59.5 Å². The molecule has 0 saturated carbocycles. The van der Waals surface area contributed by atoms with E-state index in [2.05, 4.69) is 24.1 Å². The predicted octanol–water partition coefficient (Wildman–Crippen LogP) is 3.14. The number of hydrogen-bond donors (Lipinski definition) is 1. The zero-order valence-electron chi connectivity index (χ0n) is 17.9. The zero-order valence-corrected chi connectivity index (χ0v) is 18.7. The van der Waals surface area contributed by atoms with Gasteiger partial charge in [-0.05, 0) is 43.1 Å². The molecule has 0 aliphatic carbocycles. The molecule has 1 saturated heterocycles. The first kappa shape index (κ1) is 22.5. The molecule has 1 aliphatic heterocycles. The molecular formula is C23H31N3O3S. The van der Waals surface area contributed by atoms with Crippen molar-refractivity contribution in [2.75, 3.05) is 33.2 Å². The Labute approximate surface area is 179 Å². The van der Waals surface area contributed by atoms with Gasteiger partial charge in [-0.1, -0.05) is 50.2 Å². The number of amides is 1. The smallest absolute Gasteiger partial charge is 0.251 e. The summed E-state index contributed by atoms with van der Waals surface area (Å²) in [6.45, 7) is 6.55. The maximum Gasteiger partial charge on any atom is 0.251 e. The lowest BCUT2D eigenvalue weighted by Gasteiger charge is -2.31. The van der Waals surface area contributed by atoms with Crippen molar-refractivity contribution in [3.63, 3.8) is 0 Å². The maximum absolute atomic E-state index is 13.0. The number of carbonyl (C=O) groups is 1. The zero-order chi connectivity index (χ0) is 21.7. The quantitative estimate of drug-likeness (QED) is 0.734. The Kier molecular flexibility index (Phi) is 7.28. The van der Waals surface area contributed by atoms with E-state index in [4.69, 9.17) is 0 Å². The molecule has 1 aliphatic rings. The SMILES string of the molecule is CC(C)C[C@@H](NC(=O)c1cccc(S(=O)(=O)N2CCN(C)CC2)c1)c1ccccc1. The lowest BCUT2D eigenvalue weighted by Crippen LogP contribution is -2.47. The van der Waals surface area contributed by atoms with Gasteiger partial charge in [-0.15, -0.1) is 0 Å². The Morgan fingerprint density at radius 1 is 1.00 bits per heavy atom. The van der Waals surface area contributed by atoms with E-state index in [-0.39, 0.29) is 16.8 Å². The number of hydrogen-bond acceptors (Lipinski definition) is 4. The van der Waals surface area contributed by atoms with Crippen LogP contribution in [0, 0.1) is 5.92 Å². The van der Waals surface area contributed by atoms with Gasteiger partial charge < -0.3 is 10.2 Å². The van der Waals surface area contributed by atoms with Gasteiger partial charge in [-0.2, -0.15) is 4.31 Å². The van der Waals surface area contributed by atoms with Gasteiger partial charge >= 0.3 is 0 Å². The van der Waals surface area contributed by atoms with Crippen molar-refractivity contribution in [2.24, 2.45) is 5.92 Å². The summed E-state index contributed by atoms with van der Waals surface area (Å²) in [5.74, 6) is 0.138. The minimum absolute atomic E-state index is 0.128. The third-order valence-corrected chi connectivity index (χ3v) is 7.31. The molecule has 1 atom stereocenters. The van der Waals surface area contributed by atoms with Gasteiger partial charge in [0.15, 0.2) is 0 Å². The highest BCUT2D eigenvalue weighted by atomic mass is 32.2. The van der Waals surface area contributed by atoms with Gasteiger partial charge in [0.05, 0.1) is 10.9 Å². The average molecular weight is 430 g/mol. The van der Waals surface area contributed by atoms with Crippen molar-refractivity contribution in [1.82, 2.24) is 14.5 Å². The molecule has 6 nitrogen and oxygen atoms in total. The van der Waals surface area contributed by atoms with Crippen LogP contribution in [0.3, 0.4) is 0 Å². The van der Waals surface area contributed by atoms with Crippen LogP contribution in [0.25, 0.3) is 0 Å². The third-order valence-electron chi connectivity index (χ3n) is 5.41. The largest absolute Gasteiger partial charge is 0.345 e. The summed E-state index contributed by atoms with van der Waals surface area (Å²) in [5, 5.41) is 3.09. The fraction of sp³-hybridized carbons (Fsp3) is 0.435. The Morgan fingerprint density at radius 3 is 2.30 bits per heavy atom. The van der Waals surface area contributed by atoms with Crippen molar-refractivity contribution < 1.29 is 13.2 Å². The van der Waals surface area contributed by atoms with Crippen LogP contribution in [-0.4, -0.2) is 56.8 Å². The Morgan fingerprint density at radius 2 is 1.67 bits per heavy atom. The summed E-state index contributed by atoms with van der Waals surface area (Å²) in [5.41, 5.74) is 1.40. The van der Waals surface area contributed by atoms with Gasteiger partial charge in [-0.25, -0.2) is 8.42 Å². The van der Waals surface area contributed by atoms with E-state index in [1.165, 1.54) is 10.4 Å². The summed E-state index contributed by atoms with van der Waals surface area (Å²) >= 11 is 0. The Bertz CT molecular complexity index is 953. The molecule has 0 bridgehead atoms. The van der Waals surface area contributed by atoms with Gasteiger partial charge in [0.1, 0.15) is 0 Å². The monoisotopic (exact) mass is 429 g/mol. The summed E-state index contributed by atoms with van der Waals surface area (Å²) in [7, 11) is -1.63. The first-order valence-electron chi connectivity index (χ1n) is 10.4. The molecule has 0 unspecified atom stereocenters. The van der Waals surface area contributed by atoms with Gasteiger partial charge in [0, 0.05) is 31.7 Å². The maximum atomic E-state index is 13.0. The fourth-order valence-electron chi connectivity index (χ4n) is 3.65. The van der Waals surface area contributed by atoms with Crippen molar-refractivity contribution in [3.05, 3.63) is 65.7 Å². The number of likely N-dealkylation sites (N-methyl/N-ethyl adjacent to an activating group) is 1. The number of nitrogens with zero attached hydrogens (tertiary/aromatic N) is 2. The molecule has 162 valence electrons. The summed E-state index contributed by atoms with van der Waals surface area (Å²) in [4.78, 5) is 15.3. The molecule has 2 aromatic carbocycles. The highest BCUT2D eigenvalue weighted by Crippen LogP contribution is 2.23. The van der Waals surface area contributed by atoms with Crippen LogP contribution in [0.5, 0.6) is 0 Å². The number of carbonyl (C=O) groups excluding carboxylic acids is 1. The van der Waals surface area contributed by atoms with Crippen molar-refractivity contribution in [2.45, 2.75) is 31.2 Å². The van der Waals surface area contributed by atoms with Gasteiger partial charge in [-0.3, -0.25) is 4.79 Å². The summed E-state index contributed by atoms with van der Waals surface area (Å²) < 4.78 is 27.6. The van der Waals surface area contributed by atoms with Crippen LogP contribution in [0.2, 0.25) is 0 Å². The number of rotatable bonds is 7. The molecule has 0 radical (unpaired) electrons. The molecule has 1 amide bonds. The van der Waals surface area contributed by atoms with E-state index in [0.29, 0.717) is 37.7 Å². The average Bonchev–Trinajstić information content (AvgIpc) is 2.74. The topological polar surface area (TPSA) is 69.7 Å². The molecule has 7 heteroatoms. The molecule has 1 N–H and O–H groups in total. The molecule has 30 heavy (non-hydrogen) atoms. The number of sulfonamides is 1. The van der Waals surface area contributed by atoms with Gasteiger partial charge in [0.2, 0.25) is 10.0 Å². The standard InChI is InChI=1S/C23H31N3O3S/c1-18(2)16-22(19-8-5-4-6-9-19)24-23(27)20-10-7-11-21(17-20)30(28,29)26-14-12-25(3)13-15-26/h4-11,17-18,22H,12-16H2,1-3H3,(H,24,27)/t22-/m1/s1. The molecule has 1 heterocycles. The highest BCUT2D eigenvalue weighted by Gasteiger charge is 2.28. The van der Waals surface area contributed by atoms with Crippen molar-refractivity contribution in [1.29, 1.82) is 0 Å². The lowest BCUT2D eigenvalue weighted by atomic mass is 9.96. The molecule has 2 aromatic rings. The van der Waals surface area contributed by atoms with Crippen molar-refractivity contribution >= 4 is 15.9 Å². The number of piperazine rings is 1. The molecule has 3 rings (SSSR count). The van der Waals surface area contributed by atoms with Crippen LogP contribution in [0.1, 0.15) is 42.2 Å². The fourth-order valence-corrected chi connectivity index (χ4v) is 5.12. The van der Waals surface area contributed by atoms with Crippen LogP contribution in [0.4, 0.5) is 0 Å². The molecule has 0 aromatic heterocycles. The third kappa shape index (κ3) is 5.47. The van der Waals surface area contributed by atoms with Crippen LogP contribution < -0.4 is 5.32 Å². The van der Waals surface area contributed by atoms with Gasteiger partial charge in [0.25, 0.3) is 5.91 Å². The van der Waals surface area contributed by atoms with E-state index in [9.17, 15) is 13.2 Å². The Hall–Kier alpha value is -2.22. The van der Waals surface area contributed by atoms with E-state index in [1.54, 1.807) is 18.2 Å². The van der Waals surface area contributed by atoms with E-state index in [0.717, 1.165) is 12.0 Å². The first-order valence-corrected chi connectivity index (χ1v) is 11.9. The summed E-state index contributed by atoms with van der Waals surface area (Å²) in [6.07, 6.45) is 0.801. The second kappa shape index (κ2) is 9.73. The van der Waals surface area contributed by atoms with E-state index < -0.39 is 10.0 Å². The first-order chi connectivity index (χ1) is 14.3. The lowest BCUT2D eigenvalue weighted by molar-refractivity contribution is 0.0931.